The fraction of sp³-hybridized carbons (Fsp3) is 0.214. The van der Waals surface area contributed by atoms with Crippen molar-refractivity contribution in [1.29, 1.82) is 10.5 Å². The molecule has 19 nitrogen and oxygen atoms in total. The molecule has 0 spiro atoms. The van der Waals surface area contributed by atoms with E-state index in [0.717, 1.165) is 33.8 Å². The molecule has 83 heavy (non-hydrogen) atoms. The quantitative estimate of drug-likeness (QED) is 0.0377. The summed E-state index contributed by atoms with van der Waals surface area (Å²) in [5, 5.41) is 30.2. The van der Waals surface area contributed by atoms with Crippen LogP contribution >= 0.6 is 22.7 Å². The van der Waals surface area contributed by atoms with Crippen LogP contribution in [0.5, 0.6) is 0 Å². The minimum absolute atomic E-state index is 0.00292. The van der Waals surface area contributed by atoms with Crippen molar-refractivity contribution in [2.24, 2.45) is 0 Å². The molecule has 5 amide bonds. The van der Waals surface area contributed by atoms with Gasteiger partial charge in [0.25, 0.3) is 17.7 Å². The van der Waals surface area contributed by atoms with E-state index in [2.05, 4.69) is 48.0 Å². The summed E-state index contributed by atoms with van der Waals surface area (Å²) in [6.07, 6.45) is -5.16. The second kappa shape index (κ2) is 25.7. The molecular weight excluding hydrogens is 1130 g/mol. The molecule has 0 saturated carbocycles. The molecule has 27 heteroatoms. The molecule has 0 radical (unpaired) electrons. The Morgan fingerprint density at radius 1 is 0.566 bits per heavy atom. The number of alkyl halides is 6. The standard InChI is InChI=1S/C27H21F3N6O3S.C18H19N3O.C11H8F3N3O3S/c1-14-7-8-17(34-22(37)15-5-4-6-16(11-15)26(2,3)13-31)12-18(14)35-23(38)21-19(36-25(39)27(28,29)30)20-24(40-21)33-10-9-32-20;1-12-7-8-15(10-16(12)20)21-17(22)13-5-4-6-14(9-13)18(2,3)11-19;1-2-20-9(18)7-5(17-10(19)11(12,13)14)6-8(21-7)16-4-3-15-6/h4-12H,1-3H3,(H,34,37)(H,35,38)(H,36,39);4-10H,20H2,1-3H3,(H,21,22);3-4H,2H2,1H3,(H,17,19). The minimum atomic E-state index is -5.18. The number of nitrogens with two attached hydrogens (primary N) is 1. The lowest BCUT2D eigenvalue weighted by Gasteiger charge is -2.17. The molecule has 0 bridgehead atoms. The Hall–Kier alpha value is -9.86. The fourth-order valence-electron chi connectivity index (χ4n) is 7.12. The molecule has 0 aliphatic heterocycles. The van der Waals surface area contributed by atoms with E-state index < -0.39 is 58.5 Å². The Bertz CT molecular complexity index is 3900. The van der Waals surface area contributed by atoms with Crippen LogP contribution in [0, 0.1) is 36.5 Å². The van der Waals surface area contributed by atoms with Crippen molar-refractivity contribution in [3.63, 3.8) is 0 Å². The monoisotopic (exact) mass is 1180 g/mol. The van der Waals surface area contributed by atoms with E-state index in [1.165, 1.54) is 30.9 Å². The largest absolute Gasteiger partial charge is 0.471 e. The van der Waals surface area contributed by atoms with Crippen molar-refractivity contribution < 1.29 is 59.8 Å². The highest BCUT2D eigenvalue weighted by molar-refractivity contribution is 7.21. The van der Waals surface area contributed by atoms with Gasteiger partial charge in [0.05, 0.1) is 41.0 Å². The van der Waals surface area contributed by atoms with E-state index >= 15 is 0 Å². The number of carbonyl (C=O) groups excluding carboxylic acids is 6. The third-order valence-electron chi connectivity index (χ3n) is 11.8. The summed E-state index contributed by atoms with van der Waals surface area (Å²) in [6.45, 7) is 12.3. The number of nitriles is 2. The summed E-state index contributed by atoms with van der Waals surface area (Å²) >= 11 is 1.56. The first-order chi connectivity index (χ1) is 39.0. The Kier molecular flexibility index (Phi) is 19.3. The number of hydrogen-bond donors (Lipinski definition) is 6. The highest BCUT2D eigenvalue weighted by Crippen LogP contribution is 2.37. The maximum Gasteiger partial charge on any atom is 0.471 e. The number of nitrogen functional groups attached to an aromatic ring is 1. The Labute approximate surface area is 477 Å². The number of nitrogens with one attached hydrogen (secondary N) is 5. The first kappa shape index (κ1) is 62.3. The number of aromatic nitrogens is 4. The summed E-state index contributed by atoms with van der Waals surface area (Å²) in [7, 11) is 0. The molecule has 8 rings (SSSR count). The SMILES string of the molecule is CCOC(=O)c1sc2nccnc2c1NC(=O)C(F)(F)F.Cc1ccc(NC(=O)c2cccc(C(C)(C)C#N)c2)cc1N.Cc1ccc(NC(=O)c2cccc(C(C)(C)C#N)c2)cc1NC(=O)c1sc2nccnc2c1NC(=O)C(F)(F)F. The van der Waals surface area contributed by atoms with Gasteiger partial charge in [-0.15, -0.1) is 22.7 Å². The van der Waals surface area contributed by atoms with Gasteiger partial charge < -0.3 is 37.1 Å². The highest BCUT2D eigenvalue weighted by Gasteiger charge is 2.41. The zero-order valence-electron chi connectivity index (χ0n) is 44.8. The molecule has 0 saturated heterocycles. The van der Waals surface area contributed by atoms with E-state index in [0.29, 0.717) is 39.3 Å². The number of anilines is 6. The van der Waals surface area contributed by atoms with Gasteiger partial charge in [-0.2, -0.15) is 36.9 Å². The number of hydrogen-bond acceptors (Lipinski definition) is 16. The predicted octanol–water partition coefficient (Wildman–Crippen LogP) is 11.8. The number of esters is 1. The third kappa shape index (κ3) is 15.5. The van der Waals surface area contributed by atoms with Crippen LogP contribution in [-0.4, -0.2) is 74.4 Å². The van der Waals surface area contributed by atoms with Crippen LogP contribution in [0.1, 0.15) is 96.9 Å². The van der Waals surface area contributed by atoms with Crippen molar-refractivity contribution in [2.75, 3.05) is 38.9 Å². The van der Waals surface area contributed by atoms with Crippen LogP contribution in [0.25, 0.3) is 20.7 Å². The summed E-state index contributed by atoms with van der Waals surface area (Å²) < 4.78 is 80.7. The van der Waals surface area contributed by atoms with Gasteiger partial charge in [-0.25, -0.2) is 24.7 Å². The minimum Gasteiger partial charge on any atom is -0.462 e. The number of amides is 5. The van der Waals surface area contributed by atoms with E-state index in [-0.39, 0.29) is 54.3 Å². The Morgan fingerprint density at radius 3 is 1.45 bits per heavy atom. The summed E-state index contributed by atoms with van der Waals surface area (Å²) in [6, 6.07) is 28.3. The first-order valence-corrected chi connectivity index (χ1v) is 26.0. The predicted molar refractivity (Wildman–Crippen MR) is 301 cm³/mol. The van der Waals surface area contributed by atoms with Crippen molar-refractivity contribution >= 4 is 113 Å². The first-order valence-electron chi connectivity index (χ1n) is 24.3. The van der Waals surface area contributed by atoms with Crippen LogP contribution in [0.3, 0.4) is 0 Å². The van der Waals surface area contributed by atoms with E-state index in [9.17, 15) is 65.6 Å². The van der Waals surface area contributed by atoms with Gasteiger partial charge in [-0.3, -0.25) is 24.0 Å². The number of carbonyl (C=O) groups is 6. The van der Waals surface area contributed by atoms with Gasteiger partial charge in [-0.1, -0.05) is 36.4 Å². The average molecular weight is 1180 g/mol. The van der Waals surface area contributed by atoms with Gasteiger partial charge in [-0.05, 0) is 119 Å². The van der Waals surface area contributed by atoms with Crippen molar-refractivity contribution in [3.8, 4) is 12.1 Å². The van der Waals surface area contributed by atoms with Gasteiger partial charge in [0.15, 0.2) is 0 Å². The van der Waals surface area contributed by atoms with E-state index in [4.69, 9.17) is 10.5 Å². The van der Waals surface area contributed by atoms with Crippen LogP contribution in [0.2, 0.25) is 0 Å². The zero-order valence-corrected chi connectivity index (χ0v) is 46.4. The highest BCUT2D eigenvalue weighted by atomic mass is 32.1. The van der Waals surface area contributed by atoms with E-state index in [1.807, 2.05) is 39.0 Å². The van der Waals surface area contributed by atoms with Crippen LogP contribution < -0.4 is 32.3 Å². The maximum absolute atomic E-state index is 13.2. The maximum atomic E-state index is 13.2. The molecule has 0 aliphatic rings. The number of halogens is 6. The molecule has 0 atom stereocenters. The van der Waals surface area contributed by atoms with Crippen molar-refractivity contribution in [1.82, 2.24) is 19.9 Å². The average Bonchev–Trinajstić information content (AvgIpc) is 3.75. The molecular formula is C56H48F6N12O7S2. The Morgan fingerprint density at radius 2 is 1.00 bits per heavy atom. The van der Waals surface area contributed by atoms with E-state index in [1.54, 1.807) is 99.0 Å². The summed E-state index contributed by atoms with van der Waals surface area (Å²) in [5.41, 5.74) is 9.38. The number of aryl methyl sites for hydroxylation is 2. The van der Waals surface area contributed by atoms with Crippen LogP contribution in [0.4, 0.5) is 60.5 Å². The lowest BCUT2D eigenvalue weighted by Crippen LogP contribution is -2.30. The second-order valence-corrected chi connectivity index (χ2v) is 20.8. The molecule has 8 aromatic rings. The molecule has 0 unspecified atom stereocenters. The zero-order chi connectivity index (χ0) is 61.2. The second-order valence-electron chi connectivity index (χ2n) is 18.8. The number of benzene rings is 4. The molecule has 4 heterocycles. The molecule has 4 aromatic carbocycles. The van der Waals surface area contributed by atoms with Crippen LogP contribution in [0.15, 0.2) is 110 Å². The van der Waals surface area contributed by atoms with Gasteiger partial charge in [0.1, 0.15) is 30.4 Å². The molecule has 4 aromatic heterocycles. The fourth-order valence-corrected chi connectivity index (χ4v) is 9.02. The molecule has 428 valence electrons. The topological polar surface area (TPSA) is 297 Å². The van der Waals surface area contributed by atoms with Crippen molar-refractivity contribution in [3.05, 3.63) is 153 Å². The number of rotatable bonds is 12. The van der Waals surface area contributed by atoms with Gasteiger partial charge >= 0.3 is 30.1 Å². The number of thiophene rings is 2. The molecule has 0 aliphatic carbocycles. The molecule has 0 fully saturated rings. The van der Waals surface area contributed by atoms with Crippen molar-refractivity contribution in [2.45, 2.75) is 71.6 Å². The number of fused-ring (bicyclic) bond motifs is 2. The van der Waals surface area contributed by atoms with Crippen LogP contribution in [-0.2, 0) is 25.2 Å². The summed E-state index contributed by atoms with van der Waals surface area (Å²) in [5.74, 6) is -6.78. The third-order valence-corrected chi connectivity index (χ3v) is 14.0. The number of nitrogens with zero attached hydrogens (tertiary/aromatic N) is 6. The smallest absolute Gasteiger partial charge is 0.462 e. The number of ether oxygens (including phenoxy) is 1. The molecule has 7 N–H and O–H groups in total. The lowest BCUT2D eigenvalue weighted by molar-refractivity contribution is -0.167. The van der Waals surface area contributed by atoms with Gasteiger partial charge in [0, 0.05) is 58.7 Å². The van der Waals surface area contributed by atoms with Gasteiger partial charge in [0.2, 0.25) is 0 Å². The Balaban J connectivity index is 0.000000218. The summed E-state index contributed by atoms with van der Waals surface area (Å²) in [4.78, 5) is 88.6. The normalized spacial score (nSPS) is 11.3. The lowest BCUT2D eigenvalue weighted by atomic mass is 9.85.